The van der Waals surface area contributed by atoms with Crippen molar-refractivity contribution < 1.29 is 33.4 Å². The molecule has 5 rings (SSSR count). The summed E-state index contributed by atoms with van der Waals surface area (Å²) in [5, 5.41) is 19.6. The minimum absolute atomic E-state index is 0.0874. The van der Waals surface area contributed by atoms with Crippen molar-refractivity contribution in [1.29, 1.82) is 0 Å². The molecule has 0 fully saturated rings. The van der Waals surface area contributed by atoms with Gasteiger partial charge in [0.1, 0.15) is 10.8 Å². The van der Waals surface area contributed by atoms with Crippen LogP contribution < -0.4 is 19.8 Å². The van der Waals surface area contributed by atoms with Gasteiger partial charge in [0, 0.05) is 36.6 Å². The number of fused-ring (bicyclic) bond motifs is 1. The van der Waals surface area contributed by atoms with E-state index in [0.29, 0.717) is 35.0 Å². The molecule has 10 nitrogen and oxygen atoms in total. The zero-order chi connectivity index (χ0) is 27.4. The molecule has 0 spiro atoms. The Balaban J connectivity index is 1.29. The van der Waals surface area contributed by atoms with E-state index in [0.717, 1.165) is 35.3 Å². The number of thiophene rings is 1. The van der Waals surface area contributed by atoms with Crippen LogP contribution in [0.25, 0.3) is 5.69 Å². The van der Waals surface area contributed by atoms with E-state index in [4.69, 9.17) is 14.0 Å². The number of nitrogens with zero attached hydrogens (tertiary/aromatic N) is 3. The van der Waals surface area contributed by atoms with Gasteiger partial charge in [0.05, 0.1) is 30.8 Å². The third-order valence-electron chi connectivity index (χ3n) is 6.26. The van der Waals surface area contributed by atoms with Crippen LogP contribution in [0.2, 0.25) is 0 Å². The van der Waals surface area contributed by atoms with Crippen molar-refractivity contribution in [1.82, 2.24) is 10.2 Å². The quantitative estimate of drug-likeness (QED) is 0.185. The van der Waals surface area contributed by atoms with Crippen LogP contribution >= 0.6 is 23.1 Å². The number of anilines is 1. The highest BCUT2D eigenvalue weighted by molar-refractivity contribution is 7.99. The molecule has 1 amide bonds. The summed E-state index contributed by atoms with van der Waals surface area (Å²) >= 11 is 2.39. The summed E-state index contributed by atoms with van der Waals surface area (Å²) in [7, 11) is 2.89. The van der Waals surface area contributed by atoms with E-state index < -0.39 is 11.9 Å². The Morgan fingerprint density at radius 1 is 1.18 bits per heavy atom. The van der Waals surface area contributed by atoms with Crippen LogP contribution in [0.1, 0.15) is 26.4 Å². The zero-order valence-corrected chi connectivity index (χ0v) is 23.0. The monoisotopic (exact) mass is 566 g/mol. The number of amides is 1. The van der Waals surface area contributed by atoms with E-state index in [1.165, 1.54) is 28.7 Å². The summed E-state index contributed by atoms with van der Waals surface area (Å²) in [6, 6.07) is 17.1. The van der Waals surface area contributed by atoms with Gasteiger partial charge >= 0.3 is 5.97 Å². The van der Waals surface area contributed by atoms with Crippen molar-refractivity contribution in [3.8, 4) is 17.4 Å². The molecule has 1 aliphatic heterocycles. The number of esters is 1. The highest BCUT2D eigenvalue weighted by Crippen LogP contribution is 2.38. The standard InChI is InChI=1S/C27H26N4O6S2/c1-35-19-10-8-18(9-11-19)31-25(27(34)37-29-31)38-16-22(32)28-24-23(26(33)36-2)20-12-13-30(15-21(20)39-24)14-17-6-4-3-5-7-17/h3-11H,12-16H2,1-2H3,(H-,28,29,32,33,34). The molecule has 202 valence electrons. The van der Waals surface area contributed by atoms with Crippen LogP contribution in [0.5, 0.6) is 11.7 Å². The van der Waals surface area contributed by atoms with Gasteiger partial charge in [-0.15, -0.1) is 11.3 Å². The highest BCUT2D eigenvalue weighted by atomic mass is 32.2. The van der Waals surface area contributed by atoms with Crippen LogP contribution in [0.4, 0.5) is 5.00 Å². The van der Waals surface area contributed by atoms with Gasteiger partial charge in [-0.05, 0) is 46.1 Å². The molecular weight excluding hydrogens is 540 g/mol. The molecule has 0 aliphatic carbocycles. The van der Waals surface area contributed by atoms with Crippen molar-refractivity contribution in [3.05, 3.63) is 76.2 Å². The highest BCUT2D eigenvalue weighted by Gasteiger charge is 2.30. The third kappa shape index (κ3) is 5.92. The van der Waals surface area contributed by atoms with Crippen LogP contribution in [0, 0.1) is 0 Å². The molecule has 0 saturated carbocycles. The average molecular weight is 567 g/mol. The summed E-state index contributed by atoms with van der Waals surface area (Å²) in [5.41, 5.74) is 3.12. The first-order valence-corrected chi connectivity index (χ1v) is 13.9. The normalized spacial score (nSPS) is 13.1. The summed E-state index contributed by atoms with van der Waals surface area (Å²) in [5.74, 6) is -0.932. The maximum Gasteiger partial charge on any atom is 0.341 e. The largest absolute Gasteiger partial charge is 0.538 e. The summed E-state index contributed by atoms with van der Waals surface area (Å²) in [6.45, 7) is 2.26. The number of ether oxygens (including phenoxy) is 2. The molecule has 0 unspecified atom stereocenters. The Bertz CT molecular complexity index is 1470. The Labute approximate surface area is 233 Å². The fourth-order valence-corrected chi connectivity index (χ4v) is 6.43. The first-order valence-electron chi connectivity index (χ1n) is 12.1. The molecule has 12 heteroatoms. The van der Waals surface area contributed by atoms with E-state index in [-0.39, 0.29) is 16.7 Å². The predicted octanol–water partition coefficient (Wildman–Crippen LogP) is 3.17. The van der Waals surface area contributed by atoms with Crippen molar-refractivity contribution in [2.24, 2.45) is 0 Å². The van der Waals surface area contributed by atoms with E-state index in [9.17, 15) is 14.7 Å². The second kappa shape index (κ2) is 11.9. The number of carbonyl (C=O) groups is 2. The zero-order valence-electron chi connectivity index (χ0n) is 21.3. The molecular formula is C27H26N4O6S2. The molecule has 0 saturated heterocycles. The van der Waals surface area contributed by atoms with Gasteiger partial charge in [0.15, 0.2) is 5.95 Å². The number of methoxy groups -OCH3 is 2. The van der Waals surface area contributed by atoms with Gasteiger partial charge in [0.2, 0.25) is 11.6 Å². The van der Waals surface area contributed by atoms with Gasteiger partial charge < -0.3 is 24.4 Å². The lowest BCUT2D eigenvalue weighted by atomic mass is 10.0. The number of thioether (sulfide) groups is 1. The van der Waals surface area contributed by atoms with E-state index in [2.05, 4.69) is 27.6 Å². The smallest absolute Gasteiger partial charge is 0.341 e. The van der Waals surface area contributed by atoms with Crippen molar-refractivity contribution in [2.45, 2.75) is 24.5 Å². The van der Waals surface area contributed by atoms with Crippen molar-refractivity contribution in [3.63, 3.8) is 0 Å². The molecule has 2 aromatic carbocycles. The third-order valence-corrected chi connectivity index (χ3v) is 8.41. The van der Waals surface area contributed by atoms with Crippen molar-refractivity contribution >= 4 is 40.0 Å². The van der Waals surface area contributed by atoms with Gasteiger partial charge in [-0.25, -0.2) is 4.79 Å². The Kier molecular flexibility index (Phi) is 8.15. The number of carbonyl (C=O) groups excluding carboxylic acids is 2. The Morgan fingerprint density at radius 3 is 2.67 bits per heavy atom. The second-order valence-corrected chi connectivity index (χ2v) is 10.8. The molecule has 4 aromatic rings. The maximum atomic E-state index is 13.0. The van der Waals surface area contributed by atoms with E-state index in [1.54, 1.807) is 31.4 Å². The average Bonchev–Trinajstić information content (AvgIpc) is 3.51. The number of nitrogens with one attached hydrogen (secondary N) is 1. The number of rotatable bonds is 9. The van der Waals surface area contributed by atoms with E-state index in [1.807, 2.05) is 18.2 Å². The lowest BCUT2D eigenvalue weighted by Crippen LogP contribution is -2.35. The molecule has 0 bridgehead atoms. The number of benzene rings is 2. The lowest BCUT2D eigenvalue weighted by molar-refractivity contribution is -0.705. The second-order valence-electron chi connectivity index (χ2n) is 8.76. The number of hydrogen-bond donors (Lipinski definition) is 1. The van der Waals surface area contributed by atoms with Crippen molar-refractivity contribution in [2.75, 3.05) is 31.8 Å². The topological polar surface area (TPSA) is 121 Å². The Hall–Kier alpha value is -3.87. The maximum absolute atomic E-state index is 13.0. The summed E-state index contributed by atoms with van der Waals surface area (Å²) in [6.07, 6.45) is 0.676. The fraction of sp³-hybridized carbons (Fsp3) is 0.259. The molecule has 1 N–H and O–H groups in total. The van der Waals surface area contributed by atoms with E-state index >= 15 is 0 Å². The van der Waals surface area contributed by atoms with Gasteiger partial charge in [-0.3, -0.25) is 9.69 Å². The molecule has 39 heavy (non-hydrogen) atoms. The van der Waals surface area contributed by atoms with Gasteiger partial charge in [-0.1, -0.05) is 30.3 Å². The SMILES string of the molecule is COC(=O)c1c(NC(=O)CSc2c([O-])on[n+]2-c2ccc(OC)cc2)sc2c1CCN(Cc1ccccc1)C2. The number of aromatic nitrogens is 2. The van der Waals surface area contributed by atoms with Crippen LogP contribution in [0.3, 0.4) is 0 Å². The van der Waals surface area contributed by atoms with Crippen LogP contribution in [0.15, 0.2) is 64.1 Å². The first kappa shape index (κ1) is 26.7. The Morgan fingerprint density at radius 2 is 1.95 bits per heavy atom. The fourth-order valence-electron chi connectivity index (χ4n) is 4.38. The lowest BCUT2D eigenvalue weighted by Gasteiger charge is -2.27. The van der Waals surface area contributed by atoms with Crippen LogP contribution in [-0.4, -0.2) is 48.6 Å². The molecule has 1 aliphatic rings. The minimum atomic E-state index is -0.649. The molecule has 0 atom stereocenters. The van der Waals surface area contributed by atoms with Gasteiger partial charge in [0.25, 0.3) is 5.03 Å². The molecule has 3 heterocycles. The molecule has 2 aromatic heterocycles. The first-order chi connectivity index (χ1) is 19.0. The van der Waals surface area contributed by atoms with Crippen LogP contribution in [-0.2, 0) is 29.0 Å². The molecule has 0 radical (unpaired) electrons. The number of hydrogen-bond acceptors (Lipinski definition) is 10. The summed E-state index contributed by atoms with van der Waals surface area (Å²) < 4.78 is 16.4. The van der Waals surface area contributed by atoms with Gasteiger partial charge in [-0.2, -0.15) is 0 Å². The summed E-state index contributed by atoms with van der Waals surface area (Å²) in [4.78, 5) is 29.0. The predicted molar refractivity (Wildman–Crippen MR) is 143 cm³/mol. The minimum Gasteiger partial charge on any atom is -0.538 e.